The summed E-state index contributed by atoms with van der Waals surface area (Å²) in [6, 6.07) is 7.29. The van der Waals surface area contributed by atoms with Crippen LogP contribution in [-0.4, -0.2) is 23.3 Å². The molecule has 0 bridgehead atoms. The zero-order chi connectivity index (χ0) is 13.8. The highest BCUT2D eigenvalue weighted by Gasteiger charge is 2.24. The molecule has 2 N–H and O–H groups in total. The lowest BCUT2D eigenvalue weighted by molar-refractivity contribution is -0.00743. The molecule has 0 saturated heterocycles. The summed E-state index contributed by atoms with van der Waals surface area (Å²) in [7, 11) is -1.41. The van der Waals surface area contributed by atoms with E-state index < -0.39 is 7.12 Å². The summed E-state index contributed by atoms with van der Waals surface area (Å²) in [6.07, 6.45) is 3.84. The number of hydrogen-bond acceptors (Lipinski definition) is 3. The van der Waals surface area contributed by atoms with Crippen molar-refractivity contribution in [3.63, 3.8) is 0 Å². The Balaban J connectivity index is 1.87. The molecule has 0 radical (unpaired) electrons. The molecule has 1 aromatic rings. The molecule has 1 saturated carbocycles. The lowest BCUT2D eigenvalue weighted by atomic mass is 9.79. The molecule has 3 unspecified atom stereocenters. The van der Waals surface area contributed by atoms with E-state index in [1.165, 1.54) is 6.42 Å². The molecule has 1 aromatic carbocycles. The van der Waals surface area contributed by atoms with Crippen molar-refractivity contribution in [2.75, 3.05) is 0 Å². The fourth-order valence-electron chi connectivity index (χ4n) is 2.71. The molecule has 1 aliphatic rings. The van der Waals surface area contributed by atoms with Gasteiger partial charge in [-0.25, -0.2) is 0 Å². The zero-order valence-electron chi connectivity index (χ0n) is 11.7. The van der Waals surface area contributed by atoms with Crippen LogP contribution in [0.4, 0.5) is 0 Å². The van der Waals surface area contributed by atoms with Crippen molar-refractivity contribution < 1.29 is 14.8 Å². The van der Waals surface area contributed by atoms with Crippen LogP contribution in [0.3, 0.4) is 0 Å². The summed E-state index contributed by atoms with van der Waals surface area (Å²) in [5, 5.41) is 18.3. The van der Waals surface area contributed by atoms with Crippen LogP contribution in [-0.2, 0) is 11.3 Å². The maximum atomic E-state index is 9.14. The lowest BCUT2D eigenvalue weighted by Crippen LogP contribution is -2.30. The third-order valence-corrected chi connectivity index (χ3v) is 4.28. The van der Waals surface area contributed by atoms with Crippen molar-refractivity contribution in [1.82, 2.24) is 0 Å². The zero-order valence-corrected chi connectivity index (χ0v) is 11.7. The van der Waals surface area contributed by atoms with Gasteiger partial charge >= 0.3 is 7.12 Å². The molecule has 3 nitrogen and oxygen atoms in total. The first-order valence-corrected chi connectivity index (χ1v) is 7.13. The van der Waals surface area contributed by atoms with E-state index in [1.807, 2.05) is 12.1 Å². The molecule has 0 heterocycles. The molecule has 4 heteroatoms. The molecule has 0 amide bonds. The average Bonchev–Trinajstić information content (AvgIpc) is 2.40. The van der Waals surface area contributed by atoms with Crippen LogP contribution in [0, 0.1) is 11.8 Å². The topological polar surface area (TPSA) is 49.7 Å². The molecule has 0 aromatic heterocycles. The average molecular weight is 262 g/mol. The standard InChI is InChI=1S/C15H23BO3/c1-11-6-7-15(8-12(11)2)19-10-13-4-3-5-14(9-13)16(17)18/h3-5,9,11-12,15,17-18H,6-8,10H2,1-2H3. The molecule has 1 aliphatic carbocycles. The highest BCUT2D eigenvalue weighted by atomic mass is 16.5. The Morgan fingerprint density at radius 1 is 1.21 bits per heavy atom. The van der Waals surface area contributed by atoms with Crippen molar-refractivity contribution in [1.29, 1.82) is 0 Å². The van der Waals surface area contributed by atoms with E-state index in [2.05, 4.69) is 13.8 Å². The Morgan fingerprint density at radius 3 is 2.68 bits per heavy atom. The third-order valence-electron chi connectivity index (χ3n) is 4.28. The van der Waals surface area contributed by atoms with E-state index in [-0.39, 0.29) is 0 Å². The van der Waals surface area contributed by atoms with Crippen LogP contribution in [0.1, 0.15) is 38.7 Å². The van der Waals surface area contributed by atoms with Crippen molar-refractivity contribution in [2.24, 2.45) is 11.8 Å². The lowest BCUT2D eigenvalue weighted by Gasteiger charge is -2.32. The Bertz CT molecular complexity index is 408. The van der Waals surface area contributed by atoms with Crippen molar-refractivity contribution in [3.05, 3.63) is 29.8 Å². The summed E-state index contributed by atoms with van der Waals surface area (Å²) in [5.41, 5.74) is 1.52. The van der Waals surface area contributed by atoms with E-state index in [0.717, 1.165) is 30.2 Å². The molecular weight excluding hydrogens is 239 g/mol. The summed E-state index contributed by atoms with van der Waals surface area (Å²) in [4.78, 5) is 0. The minimum absolute atomic E-state index is 0.342. The fourth-order valence-corrected chi connectivity index (χ4v) is 2.71. The van der Waals surface area contributed by atoms with Crippen LogP contribution in [0.15, 0.2) is 24.3 Å². The summed E-state index contributed by atoms with van der Waals surface area (Å²) >= 11 is 0. The quantitative estimate of drug-likeness (QED) is 0.812. The molecule has 0 spiro atoms. The maximum absolute atomic E-state index is 9.14. The Kier molecular flexibility index (Phi) is 5.02. The van der Waals surface area contributed by atoms with E-state index in [4.69, 9.17) is 14.8 Å². The van der Waals surface area contributed by atoms with E-state index in [0.29, 0.717) is 18.2 Å². The second-order valence-corrected chi connectivity index (χ2v) is 5.82. The number of ether oxygens (including phenoxy) is 1. The van der Waals surface area contributed by atoms with Crippen LogP contribution >= 0.6 is 0 Å². The van der Waals surface area contributed by atoms with Crippen molar-refractivity contribution in [2.45, 2.75) is 45.8 Å². The molecule has 3 atom stereocenters. The number of rotatable bonds is 4. The second-order valence-electron chi connectivity index (χ2n) is 5.82. The van der Waals surface area contributed by atoms with Gasteiger partial charge in [-0.05, 0) is 42.1 Å². The van der Waals surface area contributed by atoms with E-state index in [9.17, 15) is 0 Å². The SMILES string of the molecule is CC1CCC(OCc2cccc(B(O)O)c2)CC1C. The summed E-state index contributed by atoms with van der Waals surface area (Å²) < 4.78 is 5.96. The Hall–Kier alpha value is -0.835. The summed E-state index contributed by atoms with van der Waals surface area (Å²) in [5.74, 6) is 1.53. The summed E-state index contributed by atoms with van der Waals surface area (Å²) in [6.45, 7) is 5.16. The first kappa shape index (κ1) is 14.6. The predicted octanol–water partition coefficient (Wildman–Crippen LogP) is 1.71. The largest absolute Gasteiger partial charge is 0.488 e. The van der Waals surface area contributed by atoms with Gasteiger partial charge in [0, 0.05) is 0 Å². The minimum Gasteiger partial charge on any atom is -0.423 e. The second kappa shape index (κ2) is 6.55. The van der Waals surface area contributed by atoms with E-state index >= 15 is 0 Å². The van der Waals surface area contributed by atoms with Crippen LogP contribution < -0.4 is 5.46 Å². The number of benzene rings is 1. The van der Waals surface area contributed by atoms with Crippen molar-refractivity contribution >= 4 is 12.6 Å². The molecular formula is C15H23BO3. The highest BCUT2D eigenvalue weighted by molar-refractivity contribution is 6.58. The first-order chi connectivity index (χ1) is 9.06. The van der Waals surface area contributed by atoms with Gasteiger partial charge in [0.05, 0.1) is 12.7 Å². The van der Waals surface area contributed by atoms with Gasteiger partial charge in [0.2, 0.25) is 0 Å². The van der Waals surface area contributed by atoms with Gasteiger partial charge in [-0.1, -0.05) is 38.1 Å². The van der Waals surface area contributed by atoms with Crippen LogP contribution in [0.2, 0.25) is 0 Å². The fraction of sp³-hybridized carbons (Fsp3) is 0.600. The first-order valence-electron chi connectivity index (χ1n) is 7.13. The molecule has 0 aliphatic heterocycles. The predicted molar refractivity (Wildman–Crippen MR) is 77.0 cm³/mol. The van der Waals surface area contributed by atoms with Crippen LogP contribution in [0.25, 0.3) is 0 Å². The molecule has 19 heavy (non-hydrogen) atoms. The van der Waals surface area contributed by atoms with E-state index in [1.54, 1.807) is 12.1 Å². The van der Waals surface area contributed by atoms with Gasteiger partial charge in [0.25, 0.3) is 0 Å². The number of hydrogen-bond donors (Lipinski definition) is 2. The Labute approximate surface area is 115 Å². The van der Waals surface area contributed by atoms with Gasteiger partial charge in [-0.2, -0.15) is 0 Å². The maximum Gasteiger partial charge on any atom is 0.488 e. The Morgan fingerprint density at radius 2 is 2.00 bits per heavy atom. The van der Waals surface area contributed by atoms with Gasteiger partial charge in [0.15, 0.2) is 0 Å². The monoisotopic (exact) mass is 262 g/mol. The van der Waals surface area contributed by atoms with Gasteiger partial charge in [-0.3, -0.25) is 0 Å². The van der Waals surface area contributed by atoms with Gasteiger partial charge in [-0.15, -0.1) is 0 Å². The molecule has 2 rings (SSSR count). The smallest absolute Gasteiger partial charge is 0.423 e. The molecule has 104 valence electrons. The third kappa shape index (κ3) is 4.06. The highest BCUT2D eigenvalue weighted by Crippen LogP contribution is 2.31. The minimum atomic E-state index is -1.41. The van der Waals surface area contributed by atoms with Gasteiger partial charge in [0.1, 0.15) is 0 Å². The van der Waals surface area contributed by atoms with Crippen LogP contribution in [0.5, 0.6) is 0 Å². The molecule has 1 fully saturated rings. The van der Waals surface area contributed by atoms with Crippen molar-refractivity contribution in [3.8, 4) is 0 Å². The van der Waals surface area contributed by atoms with Gasteiger partial charge < -0.3 is 14.8 Å². The normalized spacial score (nSPS) is 27.3.